The molecule has 22 heavy (non-hydrogen) atoms. The number of ether oxygens (including phenoxy) is 1. The Kier molecular flexibility index (Phi) is 4.60. The normalized spacial score (nSPS) is 13.2. The molecule has 116 valence electrons. The number of carbonyl (C=O) groups excluding carboxylic acids is 2. The first-order valence-corrected chi connectivity index (χ1v) is 6.93. The summed E-state index contributed by atoms with van der Waals surface area (Å²) in [6, 6.07) is 10.9. The lowest BCUT2D eigenvalue weighted by Crippen LogP contribution is -2.52. The van der Waals surface area contributed by atoms with Crippen LogP contribution in [0.1, 0.15) is 30.8 Å². The minimum atomic E-state index is -1.10. The van der Waals surface area contributed by atoms with Gasteiger partial charge in [0.25, 0.3) is 5.91 Å². The van der Waals surface area contributed by atoms with Crippen LogP contribution in [0.2, 0.25) is 0 Å². The molecule has 6 nitrogen and oxygen atoms in total. The highest BCUT2D eigenvalue weighted by Crippen LogP contribution is 2.20. The minimum Gasteiger partial charge on any atom is -0.467 e. The Bertz CT molecular complexity index is 666. The molecule has 1 atom stereocenters. The van der Waals surface area contributed by atoms with E-state index in [0.29, 0.717) is 12.2 Å². The Morgan fingerprint density at radius 2 is 2.00 bits per heavy atom. The zero-order chi connectivity index (χ0) is 16.2. The number of carbonyl (C=O) groups is 2. The smallest absolute Gasteiger partial charge is 0.331 e. The molecular weight excluding hydrogens is 284 g/mol. The van der Waals surface area contributed by atoms with Crippen LogP contribution in [0.15, 0.2) is 40.9 Å². The van der Waals surface area contributed by atoms with E-state index in [2.05, 4.69) is 10.5 Å². The number of benzene rings is 1. The highest BCUT2D eigenvalue weighted by atomic mass is 16.5. The van der Waals surface area contributed by atoms with Crippen LogP contribution in [0.3, 0.4) is 0 Å². The summed E-state index contributed by atoms with van der Waals surface area (Å²) in [5.41, 5.74) is -0.166. The van der Waals surface area contributed by atoms with Gasteiger partial charge < -0.3 is 14.6 Å². The molecule has 1 N–H and O–H groups in total. The molecule has 0 saturated heterocycles. The van der Waals surface area contributed by atoms with E-state index in [-0.39, 0.29) is 5.69 Å². The van der Waals surface area contributed by atoms with Crippen LogP contribution in [0.25, 0.3) is 11.3 Å². The van der Waals surface area contributed by atoms with Crippen LogP contribution in [-0.2, 0) is 9.53 Å². The number of hydrogen-bond acceptors (Lipinski definition) is 5. The number of amides is 1. The predicted molar refractivity (Wildman–Crippen MR) is 80.1 cm³/mol. The number of nitrogens with one attached hydrogen (secondary N) is 1. The second-order valence-corrected chi connectivity index (χ2v) is 5.07. The summed E-state index contributed by atoms with van der Waals surface area (Å²) in [7, 11) is 1.28. The first-order valence-electron chi connectivity index (χ1n) is 6.93. The Hall–Kier alpha value is -2.63. The molecule has 1 unspecified atom stereocenters. The van der Waals surface area contributed by atoms with Crippen molar-refractivity contribution in [1.29, 1.82) is 0 Å². The van der Waals surface area contributed by atoms with Crippen molar-refractivity contribution in [3.8, 4) is 11.3 Å². The molecule has 0 fully saturated rings. The first-order chi connectivity index (χ1) is 10.5. The van der Waals surface area contributed by atoms with E-state index in [0.717, 1.165) is 5.56 Å². The SMILES string of the molecule is CCC(C)(NC(=O)c1cc(-c2ccccc2)on1)C(=O)OC. The fourth-order valence-corrected chi connectivity index (χ4v) is 1.94. The van der Waals surface area contributed by atoms with Crippen LogP contribution in [-0.4, -0.2) is 29.7 Å². The van der Waals surface area contributed by atoms with Gasteiger partial charge in [0, 0.05) is 11.6 Å². The highest BCUT2D eigenvalue weighted by molar-refractivity contribution is 5.97. The van der Waals surface area contributed by atoms with Gasteiger partial charge in [-0.25, -0.2) is 4.79 Å². The lowest BCUT2D eigenvalue weighted by molar-refractivity contribution is -0.147. The van der Waals surface area contributed by atoms with Gasteiger partial charge in [-0.1, -0.05) is 42.4 Å². The van der Waals surface area contributed by atoms with Crippen molar-refractivity contribution in [2.24, 2.45) is 0 Å². The van der Waals surface area contributed by atoms with Crippen molar-refractivity contribution in [1.82, 2.24) is 10.5 Å². The van der Waals surface area contributed by atoms with Crippen LogP contribution in [0.5, 0.6) is 0 Å². The molecule has 0 bridgehead atoms. The van der Waals surface area contributed by atoms with E-state index in [1.165, 1.54) is 13.2 Å². The number of esters is 1. The predicted octanol–water partition coefficient (Wildman–Crippen LogP) is 2.41. The molecule has 0 aliphatic carbocycles. The molecule has 2 rings (SSSR count). The average Bonchev–Trinajstić information content (AvgIpc) is 3.04. The van der Waals surface area contributed by atoms with Crippen molar-refractivity contribution in [3.63, 3.8) is 0 Å². The third-order valence-electron chi connectivity index (χ3n) is 3.53. The maximum atomic E-state index is 12.2. The van der Waals surface area contributed by atoms with Gasteiger partial charge in [0.2, 0.25) is 0 Å². The number of hydrogen-bond donors (Lipinski definition) is 1. The fraction of sp³-hybridized carbons (Fsp3) is 0.312. The van der Waals surface area contributed by atoms with E-state index in [1.54, 1.807) is 13.8 Å². The van der Waals surface area contributed by atoms with E-state index < -0.39 is 17.4 Å². The maximum absolute atomic E-state index is 12.2. The molecule has 1 heterocycles. The van der Waals surface area contributed by atoms with Gasteiger partial charge in [0.1, 0.15) is 5.54 Å². The molecular formula is C16H18N2O4. The number of methoxy groups -OCH3 is 1. The standard InChI is InChI=1S/C16H18N2O4/c1-4-16(2,15(20)21-3)17-14(19)12-10-13(22-18-12)11-8-6-5-7-9-11/h5-10H,4H2,1-3H3,(H,17,19). The van der Waals surface area contributed by atoms with Gasteiger partial charge in [-0.2, -0.15) is 0 Å². The highest BCUT2D eigenvalue weighted by Gasteiger charge is 2.35. The Labute approximate surface area is 128 Å². The van der Waals surface area contributed by atoms with Crippen molar-refractivity contribution in [3.05, 3.63) is 42.1 Å². The number of nitrogens with zero attached hydrogens (tertiary/aromatic N) is 1. The summed E-state index contributed by atoms with van der Waals surface area (Å²) in [5.74, 6) is -0.502. The Morgan fingerprint density at radius 3 is 2.59 bits per heavy atom. The Balaban J connectivity index is 2.17. The molecule has 0 aliphatic rings. The molecule has 1 aromatic heterocycles. The summed E-state index contributed by atoms with van der Waals surface area (Å²) < 4.78 is 9.90. The van der Waals surface area contributed by atoms with Crippen LogP contribution in [0, 0.1) is 0 Å². The molecule has 1 aromatic carbocycles. The third kappa shape index (κ3) is 3.16. The van der Waals surface area contributed by atoms with E-state index in [9.17, 15) is 9.59 Å². The van der Waals surface area contributed by atoms with Gasteiger partial charge in [-0.15, -0.1) is 0 Å². The molecule has 0 radical (unpaired) electrons. The summed E-state index contributed by atoms with van der Waals surface area (Å²) in [6.07, 6.45) is 0.398. The van der Waals surface area contributed by atoms with E-state index >= 15 is 0 Å². The summed E-state index contributed by atoms with van der Waals surface area (Å²) in [4.78, 5) is 24.0. The second kappa shape index (κ2) is 6.43. The number of aromatic nitrogens is 1. The largest absolute Gasteiger partial charge is 0.467 e. The topological polar surface area (TPSA) is 81.4 Å². The first kappa shape index (κ1) is 15.8. The summed E-state index contributed by atoms with van der Waals surface area (Å²) in [5, 5.41) is 6.40. The van der Waals surface area contributed by atoms with Gasteiger partial charge in [-0.3, -0.25) is 4.79 Å². The Morgan fingerprint density at radius 1 is 1.32 bits per heavy atom. The molecule has 2 aromatic rings. The molecule has 6 heteroatoms. The van der Waals surface area contributed by atoms with Crippen molar-refractivity contribution >= 4 is 11.9 Å². The third-order valence-corrected chi connectivity index (χ3v) is 3.53. The van der Waals surface area contributed by atoms with Crippen molar-refractivity contribution in [2.75, 3.05) is 7.11 Å². The average molecular weight is 302 g/mol. The maximum Gasteiger partial charge on any atom is 0.331 e. The summed E-state index contributed by atoms with van der Waals surface area (Å²) >= 11 is 0. The van der Waals surface area contributed by atoms with Crippen molar-refractivity contribution < 1.29 is 18.8 Å². The monoisotopic (exact) mass is 302 g/mol. The van der Waals surface area contributed by atoms with E-state index in [4.69, 9.17) is 9.26 Å². The van der Waals surface area contributed by atoms with Crippen LogP contribution < -0.4 is 5.32 Å². The van der Waals surface area contributed by atoms with Gasteiger partial charge in [0.05, 0.1) is 7.11 Å². The van der Waals surface area contributed by atoms with Crippen LogP contribution >= 0.6 is 0 Å². The molecule has 0 saturated carbocycles. The van der Waals surface area contributed by atoms with Crippen molar-refractivity contribution in [2.45, 2.75) is 25.8 Å². The fourth-order valence-electron chi connectivity index (χ4n) is 1.94. The lowest BCUT2D eigenvalue weighted by Gasteiger charge is -2.25. The lowest BCUT2D eigenvalue weighted by atomic mass is 9.99. The van der Waals surface area contributed by atoms with E-state index in [1.807, 2.05) is 30.3 Å². The van der Waals surface area contributed by atoms with Gasteiger partial charge in [-0.05, 0) is 13.3 Å². The quantitative estimate of drug-likeness (QED) is 0.858. The van der Waals surface area contributed by atoms with Gasteiger partial charge in [0.15, 0.2) is 11.5 Å². The second-order valence-electron chi connectivity index (χ2n) is 5.07. The number of rotatable bonds is 5. The zero-order valence-corrected chi connectivity index (χ0v) is 12.8. The molecule has 0 spiro atoms. The van der Waals surface area contributed by atoms with Crippen LogP contribution in [0.4, 0.5) is 0 Å². The molecule has 0 aliphatic heterocycles. The molecule has 1 amide bonds. The minimum absolute atomic E-state index is 0.113. The van der Waals surface area contributed by atoms with Gasteiger partial charge >= 0.3 is 5.97 Å². The summed E-state index contributed by atoms with van der Waals surface area (Å²) in [6.45, 7) is 3.39. The zero-order valence-electron chi connectivity index (χ0n) is 12.8.